The molecule has 0 aromatic heterocycles. The van der Waals surface area contributed by atoms with Crippen LogP contribution in [0.4, 0.5) is 16.2 Å². The second-order valence-electron chi connectivity index (χ2n) is 16.6. The Labute approximate surface area is 365 Å². The number of benzene rings is 2. The van der Waals surface area contributed by atoms with Gasteiger partial charge in [0, 0.05) is 60.6 Å². The van der Waals surface area contributed by atoms with Crippen molar-refractivity contribution in [2.45, 2.75) is 102 Å². The highest BCUT2D eigenvalue weighted by Crippen LogP contribution is 2.47. The van der Waals surface area contributed by atoms with Gasteiger partial charge in [0.25, 0.3) is 0 Å². The number of carbonyl (C=O) groups is 2. The largest absolute Gasteiger partial charge is 1.00 e. The van der Waals surface area contributed by atoms with Crippen LogP contribution in [-0.4, -0.2) is 94.7 Å². The fourth-order valence-electron chi connectivity index (χ4n) is 8.30. The molecule has 0 spiro atoms. The molecule has 2 N–H and O–H groups in total. The highest BCUT2D eigenvalue weighted by Gasteiger charge is 2.42. The van der Waals surface area contributed by atoms with Gasteiger partial charge in [-0.05, 0) is 76.2 Å². The highest BCUT2D eigenvalue weighted by molar-refractivity contribution is 6.03. The predicted octanol–water partition coefficient (Wildman–Crippen LogP) is 5.83. The van der Waals surface area contributed by atoms with E-state index in [1.54, 1.807) is 0 Å². The highest BCUT2D eigenvalue weighted by atomic mass is 35.5. The van der Waals surface area contributed by atoms with E-state index in [0.717, 1.165) is 45.1 Å². The number of allylic oxidation sites excluding steroid dienone is 7. The van der Waals surface area contributed by atoms with Gasteiger partial charge in [0.2, 0.25) is 11.6 Å². The number of alkyl carbamates (subject to hydrolysis) is 1. The molecule has 2 amide bonds. The molecule has 0 saturated heterocycles. The van der Waals surface area contributed by atoms with Gasteiger partial charge in [-0.15, -0.1) is 0 Å². The molecule has 5 rings (SSSR count). The van der Waals surface area contributed by atoms with E-state index in [1.807, 2.05) is 6.08 Å². The van der Waals surface area contributed by atoms with Crippen molar-refractivity contribution in [1.82, 2.24) is 10.6 Å². The van der Waals surface area contributed by atoms with Crippen LogP contribution in [0.15, 0.2) is 96.8 Å². The molecular weight excluding hydrogens is 776 g/mol. The van der Waals surface area contributed by atoms with E-state index in [4.69, 9.17) is 18.9 Å². The minimum Gasteiger partial charge on any atom is -1.00 e. The standard InChI is InChI=1S/C49H68N4O6.ClH/c1-48(2)40-23-16-18-25-42(40)52(5)44(48)27-13-9-14-28-45-49(3,4)41-24-17-19-26-43(41)53(45)32-20-10-15-29-46(54)50-30-33-56-35-37-58-38-36-57-34-31-51-47(55)59-39-21-11-7-6-8-12-22-39;/h9,11,13-14,16-19,21,23-28,39H,6-8,10,12,15,20,22,29-38H2,1-5H3,(H-,50,51,54,55);1H/b21-11+;. The lowest BCUT2D eigenvalue weighted by Crippen LogP contribution is -3.00. The second kappa shape index (κ2) is 24.9. The average molecular weight is 846 g/mol. The lowest BCUT2D eigenvalue weighted by atomic mass is 9.81. The molecular formula is C49H69ClN4O6. The number of hydrogen-bond donors (Lipinski definition) is 2. The monoisotopic (exact) mass is 844 g/mol. The van der Waals surface area contributed by atoms with E-state index in [1.165, 1.54) is 46.8 Å². The number of ether oxygens (including phenoxy) is 4. The van der Waals surface area contributed by atoms with Crippen LogP contribution in [0.5, 0.6) is 0 Å². The number of unbranched alkanes of at least 4 members (excludes halogenated alkanes) is 2. The number of rotatable bonds is 22. The zero-order valence-electron chi connectivity index (χ0n) is 36.7. The summed E-state index contributed by atoms with van der Waals surface area (Å²) < 4.78 is 24.5. The molecule has 60 heavy (non-hydrogen) atoms. The number of hydrogen-bond acceptors (Lipinski definition) is 7. The molecule has 2 aromatic rings. The van der Waals surface area contributed by atoms with Gasteiger partial charge in [-0.3, -0.25) is 4.79 Å². The summed E-state index contributed by atoms with van der Waals surface area (Å²) in [7, 11) is 2.15. The normalized spacial score (nSPS) is 19.2. The number of nitrogens with one attached hydrogen (secondary N) is 2. The number of nitrogens with zero attached hydrogens (tertiary/aromatic N) is 2. The first-order valence-corrected chi connectivity index (χ1v) is 21.8. The fourth-order valence-corrected chi connectivity index (χ4v) is 8.30. The van der Waals surface area contributed by atoms with Crippen molar-refractivity contribution >= 4 is 29.1 Å². The lowest BCUT2D eigenvalue weighted by Gasteiger charge is -2.27. The molecule has 11 heteroatoms. The first kappa shape index (κ1) is 48.4. The molecule has 10 nitrogen and oxygen atoms in total. The Hall–Kier alpha value is -4.22. The van der Waals surface area contributed by atoms with Crippen LogP contribution < -0.4 is 27.9 Å². The average Bonchev–Trinajstić information content (AvgIpc) is 3.54. The van der Waals surface area contributed by atoms with Crippen molar-refractivity contribution in [3.05, 3.63) is 108 Å². The molecule has 0 radical (unpaired) electrons. The van der Waals surface area contributed by atoms with Gasteiger partial charge in [-0.25, -0.2) is 4.79 Å². The number of halogens is 1. The molecule has 1 atom stereocenters. The summed E-state index contributed by atoms with van der Waals surface area (Å²) in [6.07, 6.45) is 23.2. The van der Waals surface area contributed by atoms with E-state index in [2.05, 4.69) is 140 Å². The van der Waals surface area contributed by atoms with Crippen molar-refractivity contribution in [1.29, 1.82) is 0 Å². The minimum absolute atomic E-state index is 0. The molecule has 0 bridgehead atoms. The summed E-state index contributed by atoms with van der Waals surface area (Å²) in [6.45, 7) is 13.6. The molecule has 328 valence electrons. The summed E-state index contributed by atoms with van der Waals surface area (Å²) in [5.41, 5.74) is 7.67. The van der Waals surface area contributed by atoms with Crippen LogP contribution in [-0.2, 0) is 34.6 Å². The Bertz CT molecular complexity index is 1830. The Morgan fingerprint density at radius 2 is 1.47 bits per heavy atom. The van der Waals surface area contributed by atoms with Crippen molar-refractivity contribution < 1.29 is 45.5 Å². The van der Waals surface area contributed by atoms with E-state index in [-0.39, 0.29) is 35.2 Å². The van der Waals surface area contributed by atoms with Crippen LogP contribution in [0, 0.1) is 0 Å². The number of amides is 2. The third-order valence-corrected chi connectivity index (χ3v) is 11.6. The third-order valence-electron chi connectivity index (χ3n) is 11.6. The van der Waals surface area contributed by atoms with E-state index < -0.39 is 6.09 Å². The summed E-state index contributed by atoms with van der Waals surface area (Å²) in [6, 6.07) is 17.4. The molecule has 2 aliphatic heterocycles. The number of para-hydroxylation sites is 2. The van der Waals surface area contributed by atoms with Crippen LogP contribution in [0.25, 0.3) is 0 Å². The first-order valence-electron chi connectivity index (χ1n) is 21.8. The smallest absolute Gasteiger partial charge is 0.407 e. The Kier molecular flexibility index (Phi) is 20.1. The predicted molar refractivity (Wildman–Crippen MR) is 238 cm³/mol. The Morgan fingerprint density at radius 1 is 0.783 bits per heavy atom. The van der Waals surface area contributed by atoms with Gasteiger partial charge in [0.15, 0.2) is 5.71 Å². The topological polar surface area (TPSA) is 101 Å². The first-order chi connectivity index (χ1) is 28.6. The maximum absolute atomic E-state index is 12.5. The zero-order valence-corrected chi connectivity index (χ0v) is 37.4. The van der Waals surface area contributed by atoms with Crippen molar-refractivity contribution in [2.75, 3.05) is 71.2 Å². The van der Waals surface area contributed by atoms with E-state index in [9.17, 15) is 9.59 Å². The SMILES string of the molecule is C[N+]1=C(/C=C/C=C/C=C2/N(CCCCCC(=O)NCCOCCOCCOCCNC(=O)OC3/C=C/CCCCC3)c3ccccc3C2(C)C)C(C)(C)c2ccccc21.[Cl-]. The van der Waals surface area contributed by atoms with Crippen molar-refractivity contribution in [2.24, 2.45) is 0 Å². The molecule has 3 aliphatic rings. The quantitative estimate of drug-likeness (QED) is 0.0667. The summed E-state index contributed by atoms with van der Waals surface area (Å²) in [4.78, 5) is 27.0. The lowest BCUT2D eigenvalue weighted by molar-refractivity contribution is -0.401. The van der Waals surface area contributed by atoms with Gasteiger partial charge in [0.1, 0.15) is 13.2 Å². The maximum Gasteiger partial charge on any atom is 0.407 e. The van der Waals surface area contributed by atoms with E-state index in [0.29, 0.717) is 59.2 Å². The Morgan fingerprint density at radius 3 is 2.22 bits per heavy atom. The van der Waals surface area contributed by atoms with Gasteiger partial charge in [-0.1, -0.05) is 87.4 Å². The van der Waals surface area contributed by atoms with Gasteiger partial charge in [0.05, 0.1) is 45.1 Å². The van der Waals surface area contributed by atoms with Crippen LogP contribution in [0.1, 0.15) is 96.6 Å². The Balaban J connectivity index is 0.00000794. The summed E-state index contributed by atoms with van der Waals surface area (Å²) in [5.74, 6) is 0.0575. The molecule has 0 saturated carbocycles. The third kappa shape index (κ3) is 13.9. The number of carbonyl (C=O) groups excluding carboxylic acids is 2. The minimum atomic E-state index is -0.406. The molecule has 1 aliphatic carbocycles. The molecule has 1 unspecified atom stereocenters. The van der Waals surface area contributed by atoms with Gasteiger partial charge in [-0.2, -0.15) is 4.58 Å². The van der Waals surface area contributed by atoms with Crippen molar-refractivity contribution in [3.63, 3.8) is 0 Å². The van der Waals surface area contributed by atoms with Gasteiger partial charge < -0.3 is 46.9 Å². The summed E-state index contributed by atoms with van der Waals surface area (Å²) in [5, 5.41) is 5.71. The zero-order chi connectivity index (χ0) is 41.9. The molecule has 2 heterocycles. The summed E-state index contributed by atoms with van der Waals surface area (Å²) >= 11 is 0. The molecule has 0 fully saturated rings. The van der Waals surface area contributed by atoms with E-state index >= 15 is 0 Å². The molecule has 2 aromatic carbocycles. The van der Waals surface area contributed by atoms with Crippen molar-refractivity contribution in [3.8, 4) is 0 Å². The second-order valence-corrected chi connectivity index (χ2v) is 16.6. The number of anilines is 1. The van der Waals surface area contributed by atoms with Crippen LogP contribution >= 0.6 is 0 Å². The van der Waals surface area contributed by atoms with Gasteiger partial charge >= 0.3 is 6.09 Å². The van der Waals surface area contributed by atoms with Crippen LogP contribution in [0.2, 0.25) is 0 Å². The maximum atomic E-state index is 12.5. The number of fused-ring (bicyclic) bond motifs is 2. The van der Waals surface area contributed by atoms with Crippen LogP contribution in [0.3, 0.4) is 0 Å². The fraction of sp³-hybridized carbons (Fsp3) is 0.531.